The lowest BCUT2D eigenvalue weighted by Crippen LogP contribution is -2.42. The highest BCUT2D eigenvalue weighted by Crippen LogP contribution is 2.34. The molecule has 0 heterocycles. The SMILES string of the molecule is CC(=O)C1(NN)CC1. The van der Waals surface area contributed by atoms with Crippen LogP contribution in [0.2, 0.25) is 0 Å². The third-order valence-corrected chi connectivity index (χ3v) is 1.70. The first-order valence-corrected chi connectivity index (χ1v) is 2.70. The molecule has 0 amide bonds. The summed E-state index contributed by atoms with van der Waals surface area (Å²) >= 11 is 0. The zero-order valence-electron chi connectivity index (χ0n) is 4.90. The molecule has 1 fully saturated rings. The van der Waals surface area contributed by atoms with E-state index in [9.17, 15) is 4.79 Å². The molecule has 1 saturated carbocycles. The highest BCUT2D eigenvalue weighted by atomic mass is 16.1. The first-order chi connectivity index (χ1) is 3.71. The number of hydrogen-bond donors (Lipinski definition) is 2. The number of rotatable bonds is 2. The van der Waals surface area contributed by atoms with Crippen LogP contribution in [-0.2, 0) is 4.79 Å². The highest BCUT2D eigenvalue weighted by Gasteiger charge is 2.46. The topological polar surface area (TPSA) is 55.1 Å². The van der Waals surface area contributed by atoms with Gasteiger partial charge in [0.2, 0.25) is 0 Å². The van der Waals surface area contributed by atoms with Gasteiger partial charge in [-0.25, -0.2) is 5.43 Å². The van der Waals surface area contributed by atoms with E-state index in [2.05, 4.69) is 5.43 Å². The summed E-state index contributed by atoms with van der Waals surface area (Å²) < 4.78 is 0. The van der Waals surface area contributed by atoms with Crippen LogP contribution in [0.3, 0.4) is 0 Å². The fraction of sp³-hybridized carbons (Fsp3) is 0.800. The van der Waals surface area contributed by atoms with Crippen LogP contribution in [0.4, 0.5) is 0 Å². The Kier molecular flexibility index (Phi) is 1.10. The molecule has 0 aromatic heterocycles. The normalized spacial score (nSPS) is 22.8. The number of Topliss-reactive ketones (excluding diaryl/α,β-unsaturated/α-hetero) is 1. The summed E-state index contributed by atoms with van der Waals surface area (Å²) in [5.41, 5.74) is 2.18. The minimum absolute atomic E-state index is 0.153. The van der Waals surface area contributed by atoms with Gasteiger partial charge in [-0.3, -0.25) is 10.6 Å². The zero-order valence-corrected chi connectivity index (χ0v) is 4.90. The molecular formula is C5H10N2O. The Labute approximate surface area is 48.2 Å². The van der Waals surface area contributed by atoms with Crippen LogP contribution in [0.25, 0.3) is 0 Å². The monoisotopic (exact) mass is 114 g/mol. The van der Waals surface area contributed by atoms with Gasteiger partial charge in [-0.15, -0.1) is 0 Å². The molecule has 8 heavy (non-hydrogen) atoms. The molecule has 3 heteroatoms. The van der Waals surface area contributed by atoms with Gasteiger partial charge >= 0.3 is 0 Å². The third-order valence-electron chi connectivity index (χ3n) is 1.70. The van der Waals surface area contributed by atoms with Crippen molar-refractivity contribution in [3.8, 4) is 0 Å². The van der Waals surface area contributed by atoms with Crippen molar-refractivity contribution in [3.63, 3.8) is 0 Å². The fourth-order valence-electron chi connectivity index (χ4n) is 0.723. The van der Waals surface area contributed by atoms with Crippen LogP contribution in [0.15, 0.2) is 0 Å². The average molecular weight is 114 g/mol. The Bertz CT molecular complexity index is 118. The summed E-state index contributed by atoms with van der Waals surface area (Å²) in [6.07, 6.45) is 1.80. The molecule has 1 aliphatic rings. The lowest BCUT2D eigenvalue weighted by molar-refractivity contribution is -0.119. The van der Waals surface area contributed by atoms with E-state index in [-0.39, 0.29) is 11.3 Å². The van der Waals surface area contributed by atoms with Crippen molar-refractivity contribution in [1.29, 1.82) is 0 Å². The molecular weight excluding hydrogens is 104 g/mol. The van der Waals surface area contributed by atoms with Gasteiger partial charge in [-0.2, -0.15) is 0 Å². The molecule has 0 aromatic rings. The predicted molar refractivity (Wildman–Crippen MR) is 30.0 cm³/mol. The van der Waals surface area contributed by atoms with E-state index in [0.717, 1.165) is 12.8 Å². The van der Waals surface area contributed by atoms with Crippen molar-refractivity contribution < 1.29 is 4.79 Å². The summed E-state index contributed by atoms with van der Waals surface area (Å²) in [5.74, 6) is 5.25. The molecule has 3 nitrogen and oxygen atoms in total. The number of nitrogens with two attached hydrogens (primary N) is 1. The molecule has 0 unspecified atom stereocenters. The molecule has 0 bridgehead atoms. The van der Waals surface area contributed by atoms with Gasteiger partial charge in [0.25, 0.3) is 0 Å². The summed E-state index contributed by atoms with van der Waals surface area (Å²) in [6, 6.07) is 0. The second kappa shape index (κ2) is 1.53. The van der Waals surface area contributed by atoms with Gasteiger partial charge in [-0.1, -0.05) is 0 Å². The van der Waals surface area contributed by atoms with Crippen LogP contribution in [-0.4, -0.2) is 11.3 Å². The summed E-state index contributed by atoms with van der Waals surface area (Å²) in [7, 11) is 0. The summed E-state index contributed by atoms with van der Waals surface area (Å²) in [6.45, 7) is 1.56. The Hall–Kier alpha value is -0.410. The van der Waals surface area contributed by atoms with Gasteiger partial charge in [0.05, 0.1) is 5.54 Å². The predicted octanol–water partition coefficient (Wildman–Crippen LogP) is -0.429. The lowest BCUT2D eigenvalue weighted by Gasteiger charge is -2.06. The number of ketones is 1. The van der Waals surface area contributed by atoms with E-state index >= 15 is 0 Å². The van der Waals surface area contributed by atoms with Crippen molar-refractivity contribution in [2.75, 3.05) is 0 Å². The maximum atomic E-state index is 10.6. The zero-order chi connectivity index (χ0) is 6.20. The van der Waals surface area contributed by atoms with E-state index < -0.39 is 0 Å². The molecule has 0 aromatic carbocycles. The smallest absolute Gasteiger partial charge is 0.151 e. The van der Waals surface area contributed by atoms with Crippen LogP contribution >= 0.6 is 0 Å². The summed E-state index contributed by atoms with van der Waals surface area (Å²) in [5, 5.41) is 0. The molecule has 0 radical (unpaired) electrons. The van der Waals surface area contributed by atoms with Gasteiger partial charge in [0, 0.05) is 0 Å². The van der Waals surface area contributed by atoms with Gasteiger partial charge < -0.3 is 0 Å². The van der Waals surface area contributed by atoms with Gasteiger partial charge in [0.15, 0.2) is 5.78 Å². The van der Waals surface area contributed by atoms with E-state index in [1.807, 2.05) is 0 Å². The number of carbonyl (C=O) groups is 1. The first kappa shape index (κ1) is 5.72. The minimum atomic E-state index is -0.319. The Balaban J connectivity index is 2.53. The maximum Gasteiger partial charge on any atom is 0.151 e. The quantitative estimate of drug-likeness (QED) is 0.378. The van der Waals surface area contributed by atoms with E-state index in [1.165, 1.54) is 0 Å². The summed E-state index contributed by atoms with van der Waals surface area (Å²) in [4.78, 5) is 10.6. The lowest BCUT2D eigenvalue weighted by atomic mass is 10.2. The van der Waals surface area contributed by atoms with Crippen LogP contribution in [0.5, 0.6) is 0 Å². The second-order valence-electron chi connectivity index (χ2n) is 2.28. The second-order valence-corrected chi connectivity index (χ2v) is 2.28. The molecule has 46 valence electrons. The van der Waals surface area contributed by atoms with Crippen molar-refractivity contribution in [1.82, 2.24) is 5.43 Å². The number of hydrazine groups is 1. The Morgan fingerprint density at radius 2 is 2.25 bits per heavy atom. The molecule has 1 aliphatic carbocycles. The largest absolute Gasteiger partial charge is 0.298 e. The van der Waals surface area contributed by atoms with Gasteiger partial charge in [-0.05, 0) is 19.8 Å². The van der Waals surface area contributed by atoms with E-state index in [0.29, 0.717) is 0 Å². The molecule has 0 spiro atoms. The third kappa shape index (κ3) is 0.638. The van der Waals surface area contributed by atoms with Crippen molar-refractivity contribution in [2.24, 2.45) is 5.84 Å². The van der Waals surface area contributed by atoms with Gasteiger partial charge in [0.1, 0.15) is 0 Å². The van der Waals surface area contributed by atoms with E-state index in [1.54, 1.807) is 6.92 Å². The average Bonchev–Trinajstić information content (AvgIpc) is 2.44. The minimum Gasteiger partial charge on any atom is -0.298 e. The maximum absolute atomic E-state index is 10.6. The number of hydrogen-bond acceptors (Lipinski definition) is 3. The molecule has 0 aliphatic heterocycles. The van der Waals surface area contributed by atoms with Crippen molar-refractivity contribution >= 4 is 5.78 Å². The van der Waals surface area contributed by atoms with Crippen molar-refractivity contribution in [2.45, 2.75) is 25.3 Å². The number of nitrogens with one attached hydrogen (secondary N) is 1. The molecule has 1 rings (SSSR count). The standard InChI is InChI=1S/C5H10N2O/c1-4(8)5(7-6)2-3-5/h7H,2-3,6H2,1H3. The van der Waals surface area contributed by atoms with Crippen LogP contribution in [0.1, 0.15) is 19.8 Å². The fourth-order valence-corrected chi connectivity index (χ4v) is 0.723. The van der Waals surface area contributed by atoms with Crippen LogP contribution < -0.4 is 11.3 Å². The van der Waals surface area contributed by atoms with Crippen molar-refractivity contribution in [3.05, 3.63) is 0 Å². The van der Waals surface area contributed by atoms with E-state index in [4.69, 9.17) is 5.84 Å². The first-order valence-electron chi connectivity index (χ1n) is 2.70. The molecule has 3 N–H and O–H groups in total. The molecule has 0 atom stereocenters. The Morgan fingerprint density at radius 1 is 1.75 bits per heavy atom. The number of carbonyl (C=O) groups excluding carboxylic acids is 1. The van der Waals surface area contributed by atoms with Crippen LogP contribution in [0, 0.1) is 0 Å². The highest BCUT2D eigenvalue weighted by molar-refractivity contribution is 5.88. The molecule has 0 saturated heterocycles. The Morgan fingerprint density at radius 3 is 2.25 bits per heavy atom.